The molecular formula is C25H26N6O2. The number of aryl methyl sites for hydroxylation is 2. The van der Waals surface area contributed by atoms with Crippen molar-refractivity contribution in [3.63, 3.8) is 0 Å². The van der Waals surface area contributed by atoms with Gasteiger partial charge in [0.1, 0.15) is 5.65 Å². The fraction of sp³-hybridized carbons (Fsp3) is 0.320. The number of hydrogen-bond acceptors (Lipinski definition) is 4. The lowest BCUT2D eigenvalue weighted by atomic mass is 9.97. The van der Waals surface area contributed by atoms with E-state index in [9.17, 15) is 9.90 Å². The fourth-order valence-corrected chi connectivity index (χ4v) is 5.12. The minimum absolute atomic E-state index is 0.0537. The predicted octanol–water partition coefficient (Wildman–Crippen LogP) is 3.45. The number of amides is 1. The highest BCUT2D eigenvalue weighted by Gasteiger charge is 2.24. The molecule has 2 N–H and O–H groups in total. The smallest absolute Gasteiger partial charge is 0.253 e. The number of aromatic amines is 1. The monoisotopic (exact) mass is 442 g/mol. The number of benzene rings is 1. The van der Waals surface area contributed by atoms with E-state index in [0.29, 0.717) is 24.6 Å². The third-order valence-corrected chi connectivity index (χ3v) is 7.04. The second kappa shape index (κ2) is 7.45. The zero-order valence-electron chi connectivity index (χ0n) is 18.7. The van der Waals surface area contributed by atoms with Crippen molar-refractivity contribution in [2.75, 3.05) is 19.7 Å². The molecule has 8 nitrogen and oxygen atoms in total. The zero-order chi connectivity index (χ0) is 22.7. The van der Waals surface area contributed by atoms with Gasteiger partial charge in [-0.1, -0.05) is 0 Å². The molecule has 8 heteroatoms. The van der Waals surface area contributed by atoms with E-state index >= 15 is 0 Å². The number of carbonyl (C=O) groups excluding carboxylic acids is 1. The van der Waals surface area contributed by atoms with Crippen molar-refractivity contribution in [2.45, 2.75) is 12.8 Å². The quantitative estimate of drug-likeness (QED) is 0.448. The molecule has 5 aromatic rings. The Kier molecular flexibility index (Phi) is 4.51. The number of rotatable bonds is 3. The van der Waals surface area contributed by atoms with Crippen LogP contribution >= 0.6 is 0 Å². The summed E-state index contributed by atoms with van der Waals surface area (Å²) in [7, 11) is 3.96. The molecule has 0 aliphatic carbocycles. The number of hydrogen-bond donors (Lipinski definition) is 2. The molecule has 168 valence electrons. The van der Waals surface area contributed by atoms with Crippen LogP contribution in [0.5, 0.6) is 0 Å². The number of likely N-dealkylation sites (tertiary alicyclic amines) is 1. The SMILES string of the molecule is Cn1cc(-c2cc3c(ncc4cnn(C)c43)[nH]2)c2cc(C(=O)N3CCC(CO)CC3)ccc21. The van der Waals surface area contributed by atoms with E-state index < -0.39 is 0 Å². The molecular weight excluding hydrogens is 416 g/mol. The van der Waals surface area contributed by atoms with Crippen LogP contribution in [-0.2, 0) is 14.1 Å². The van der Waals surface area contributed by atoms with Gasteiger partial charge in [-0.05, 0) is 43.0 Å². The molecule has 0 bridgehead atoms. The van der Waals surface area contributed by atoms with Crippen LogP contribution in [-0.4, -0.2) is 59.9 Å². The van der Waals surface area contributed by atoms with Crippen molar-refractivity contribution in [3.8, 4) is 11.3 Å². The van der Waals surface area contributed by atoms with E-state index in [2.05, 4.69) is 31.9 Å². The van der Waals surface area contributed by atoms with Crippen LogP contribution in [0.2, 0.25) is 0 Å². The van der Waals surface area contributed by atoms with Gasteiger partial charge in [0.25, 0.3) is 5.91 Å². The van der Waals surface area contributed by atoms with E-state index in [1.807, 2.05) is 54.3 Å². The molecule has 0 spiro atoms. The molecule has 6 rings (SSSR count). The maximum atomic E-state index is 13.2. The molecule has 4 aromatic heterocycles. The Labute approximate surface area is 190 Å². The number of piperidine rings is 1. The normalized spacial score (nSPS) is 15.3. The van der Waals surface area contributed by atoms with Gasteiger partial charge in [-0.2, -0.15) is 5.10 Å². The number of fused-ring (bicyclic) bond motifs is 4. The highest BCUT2D eigenvalue weighted by Crippen LogP contribution is 2.34. The molecule has 0 radical (unpaired) electrons. The molecule has 1 aliphatic rings. The van der Waals surface area contributed by atoms with Gasteiger partial charge in [-0.25, -0.2) is 4.98 Å². The molecule has 1 saturated heterocycles. The second-order valence-electron chi connectivity index (χ2n) is 9.08. The first-order valence-corrected chi connectivity index (χ1v) is 11.3. The summed E-state index contributed by atoms with van der Waals surface area (Å²) in [5.41, 5.74) is 5.63. The van der Waals surface area contributed by atoms with Crippen LogP contribution in [0.1, 0.15) is 23.2 Å². The van der Waals surface area contributed by atoms with Crippen molar-refractivity contribution in [3.05, 3.63) is 48.4 Å². The van der Waals surface area contributed by atoms with Gasteiger partial charge in [0.2, 0.25) is 0 Å². The molecule has 0 unspecified atom stereocenters. The Morgan fingerprint density at radius 1 is 1.15 bits per heavy atom. The first-order chi connectivity index (χ1) is 16.0. The molecule has 0 atom stereocenters. The highest BCUT2D eigenvalue weighted by atomic mass is 16.3. The Balaban J connectivity index is 1.43. The molecule has 1 aliphatic heterocycles. The maximum absolute atomic E-state index is 13.2. The van der Waals surface area contributed by atoms with Crippen molar-refractivity contribution in [1.29, 1.82) is 0 Å². The van der Waals surface area contributed by atoms with E-state index in [4.69, 9.17) is 0 Å². The summed E-state index contributed by atoms with van der Waals surface area (Å²) in [5.74, 6) is 0.358. The van der Waals surface area contributed by atoms with Crippen LogP contribution in [0.4, 0.5) is 0 Å². The Bertz CT molecular complexity index is 1520. The third-order valence-electron chi connectivity index (χ3n) is 7.04. The van der Waals surface area contributed by atoms with Gasteiger partial charge >= 0.3 is 0 Å². The number of pyridine rings is 1. The summed E-state index contributed by atoms with van der Waals surface area (Å²) in [6.07, 6.45) is 7.46. The summed E-state index contributed by atoms with van der Waals surface area (Å²) in [4.78, 5) is 23.2. The molecule has 5 heterocycles. The Morgan fingerprint density at radius 3 is 2.76 bits per heavy atom. The zero-order valence-corrected chi connectivity index (χ0v) is 18.7. The summed E-state index contributed by atoms with van der Waals surface area (Å²) >= 11 is 0. The summed E-state index contributed by atoms with van der Waals surface area (Å²) in [6.45, 7) is 1.59. The predicted molar refractivity (Wildman–Crippen MR) is 128 cm³/mol. The van der Waals surface area contributed by atoms with E-state index in [1.165, 1.54) is 0 Å². The minimum Gasteiger partial charge on any atom is -0.396 e. The van der Waals surface area contributed by atoms with Gasteiger partial charge in [-0.15, -0.1) is 0 Å². The first-order valence-electron chi connectivity index (χ1n) is 11.3. The number of aliphatic hydroxyl groups excluding tert-OH is 1. The van der Waals surface area contributed by atoms with Crippen LogP contribution in [0.25, 0.3) is 44.1 Å². The number of aromatic nitrogens is 5. The standard InChI is InChI=1S/C25H26N6O2/c1-29-13-20(21-10-19-23-17(12-27-30(23)2)11-26-24(19)28-21)18-9-16(3-4-22(18)29)25(33)31-7-5-15(14-32)6-8-31/h3-4,9-13,15,32H,5-8,14H2,1-2H3,(H,26,28). The summed E-state index contributed by atoms with van der Waals surface area (Å²) < 4.78 is 3.96. The van der Waals surface area contributed by atoms with Crippen LogP contribution < -0.4 is 0 Å². The number of carbonyl (C=O) groups is 1. The van der Waals surface area contributed by atoms with E-state index in [1.54, 1.807) is 0 Å². The lowest BCUT2D eigenvalue weighted by molar-refractivity contribution is 0.0651. The molecule has 1 aromatic carbocycles. The van der Waals surface area contributed by atoms with Gasteiger partial charge in [0.15, 0.2) is 0 Å². The average molecular weight is 443 g/mol. The van der Waals surface area contributed by atoms with Crippen molar-refractivity contribution >= 4 is 38.7 Å². The van der Waals surface area contributed by atoms with Crippen LogP contribution in [0, 0.1) is 5.92 Å². The molecule has 1 amide bonds. The summed E-state index contributed by atoms with van der Waals surface area (Å²) in [5, 5.41) is 16.8. The Hall–Kier alpha value is -3.65. The minimum atomic E-state index is 0.0537. The van der Waals surface area contributed by atoms with Crippen molar-refractivity contribution < 1.29 is 9.90 Å². The van der Waals surface area contributed by atoms with E-state index in [-0.39, 0.29) is 12.5 Å². The van der Waals surface area contributed by atoms with Gasteiger partial charge in [0.05, 0.1) is 11.7 Å². The lowest BCUT2D eigenvalue weighted by Gasteiger charge is -2.31. The van der Waals surface area contributed by atoms with Crippen LogP contribution in [0.15, 0.2) is 42.9 Å². The third kappa shape index (κ3) is 3.13. The maximum Gasteiger partial charge on any atom is 0.253 e. The lowest BCUT2D eigenvalue weighted by Crippen LogP contribution is -2.39. The van der Waals surface area contributed by atoms with Crippen molar-refractivity contribution in [1.82, 2.24) is 29.2 Å². The van der Waals surface area contributed by atoms with Crippen LogP contribution in [0.3, 0.4) is 0 Å². The topological polar surface area (TPSA) is 92.0 Å². The summed E-state index contributed by atoms with van der Waals surface area (Å²) in [6, 6.07) is 8.06. The van der Waals surface area contributed by atoms with E-state index in [0.717, 1.165) is 56.9 Å². The fourth-order valence-electron chi connectivity index (χ4n) is 5.12. The second-order valence-corrected chi connectivity index (χ2v) is 9.08. The molecule has 1 fully saturated rings. The molecule has 33 heavy (non-hydrogen) atoms. The van der Waals surface area contributed by atoms with Crippen molar-refractivity contribution in [2.24, 2.45) is 20.0 Å². The number of nitrogens with one attached hydrogen (secondary N) is 1. The number of nitrogens with zero attached hydrogens (tertiary/aromatic N) is 5. The highest BCUT2D eigenvalue weighted by molar-refractivity contribution is 6.07. The first kappa shape index (κ1) is 20.0. The molecule has 0 saturated carbocycles. The Morgan fingerprint density at radius 2 is 1.97 bits per heavy atom. The largest absolute Gasteiger partial charge is 0.396 e. The number of H-pyrrole nitrogens is 1. The van der Waals surface area contributed by atoms with Gasteiger partial charge in [-0.3, -0.25) is 9.48 Å². The van der Waals surface area contributed by atoms with Gasteiger partial charge < -0.3 is 19.6 Å². The average Bonchev–Trinajstić information content (AvgIpc) is 3.53. The van der Waals surface area contributed by atoms with Gasteiger partial charge in [0, 0.05) is 84.7 Å². The number of aliphatic hydroxyl groups is 1.